The van der Waals surface area contributed by atoms with Crippen LogP contribution in [0.5, 0.6) is 0 Å². The maximum atomic E-state index is 12.0. The second kappa shape index (κ2) is 14.3. The molecule has 6 radical (unpaired) electrons. The van der Waals surface area contributed by atoms with E-state index in [9.17, 15) is 65.9 Å². The van der Waals surface area contributed by atoms with E-state index in [0.29, 0.717) is 0 Å². The Labute approximate surface area is 206 Å². The number of allylic oxidation sites excluding steroid dienone is 9. The third-order valence-corrected chi connectivity index (χ3v) is 2.97. The lowest BCUT2D eigenvalue weighted by Crippen LogP contribution is -3.00. The summed E-state index contributed by atoms with van der Waals surface area (Å²) in [6.45, 7) is 0. The van der Waals surface area contributed by atoms with Crippen molar-refractivity contribution in [1.29, 1.82) is 0 Å². The first-order chi connectivity index (χ1) is 15.1. The van der Waals surface area contributed by atoms with Crippen molar-refractivity contribution in [1.82, 2.24) is 0 Å². The molecule has 0 saturated heterocycles. The summed E-state index contributed by atoms with van der Waals surface area (Å²) in [5, 5.41) is 0. The Hall–Kier alpha value is -2.26. The Morgan fingerprint density at radius 2 is 0.457 bits per heavy atom. The van der Waals surface area contributed by atoms with E-state index in [1.165, 1.54) is 0 Å². The topological polar surface area (TPSA) is 0 Å². The molecule has 188 valence electrons. The minimum atomic E-state index is -2.17. The molecule has 0 bridgehead atoms. The molecule has 0 heterocycles. The van der Waals surface area contributed by atoms with Gasteiger partial charge in [0, 0.05) is 17.4 Å². The Morgan fingerprint density at radius 1 is 0.286 bits per heavy atom. The Bertz CT molecular complexity index is 1000. The molecule has 0 fully saturated rings. The average Bonchev–Trinajstić information content (AvgIpc) is 2.77. The molecular weight excluding hydrogens is 608 g/mol. The Morgan fingerprint density at radius 3 is 0.629 bits per heavy atom. The molecule has 0 atom stereocenters. The highest BCUT2D eigenvalue weighted by Gasteiger charge is 2.32. The predicted molar refractivity (Wildman–Crippen MR) is 84.8 cm³/mol. The number of hydrogen-bond donors (Lipinski definition) is 0. The van der Waals surface area contributed by atoms with Gasteiger partial charge in [-0.1, -0.05) is 0 Å². The minimum absolute atomic E-state index is 0. The molecule has 0 aromatic rings. The van der Waals surface area contributed by atoms with Crippen molar-refractivity contribution in [2.45, 2.75) is 0 Å². The van der Waals surface area contributed by atoms with E-state index < -0.39 is 88.4 Å². The molecule has 0 aromatic carbocycles. The van der Waals surface area contributed by atoms with Gasteiger partial charge in [0.1, 0.15) is 0 Å². The SMILES string of the molecule is F[C]1C(F)=C=C(F)C(F)=C1F.F[C]1C(F)=C=C(F)C(F)=C1F.F[C]1C(F)=C=C(F)C(F)=C1F.[Al].[Br-]. The van der Waals surface area contributed by atoms with Gasteiger partial charge >= 0.3 is 0 Å². The molecule has 17 heteroatoms. The van der Waals surface area contributed by atoms with Crippen LogP contribution in [-0.4, -0.2) is 17.4 Å². The number of halogens is 16. The maximum Gasteiger partial charge on any atom is 0.270 e. The summed E-state index contributed by atoms with van der Waals surface area (Å²) in [5.41, 5.74) is 3.07. The van der Waals surface area contributed by atoms with Gasteiger partial charge in [-0.2, -0.15) is 39.5 Å². The molecule has 35 heavy (non-hydrogen) atoms. The maximum absolute atomic E-state index is 12.0. The first kappa shape index (κ1) is 34.9. The van der Waals surface area contributed by atoms with E-state index in [2.05, 4.69) is 0 Å². The Balaban J connectivity index is 0. The van der Waals surface area contributed by atoms with E-state index in [-0.39, 0.29) is 34.3 Å². The second-order valence-corrected chi connectivity index (χ2v) is 5.08. The number of rotatable bonds is 0. The van der Waals surface area contributed by atoms with Crippen LogP contribution in [0.3, 0.4) is 0 Å². The predicted octanol–water partition coefficient (Wildman–Crippen LogP) is 5.50. The van der Waals surface area contributed by atoms with Crippen molar-refractivity contribution < 1.29 is 82.8 Å². The average molecular weight is 608 g/mol. The van der Waals surface area contributed by atoms with Crippen LogP contribution in [0.25, 0.3) is 0 Å². The minimum Gasteiger partial charge on any atom is -1.00 e. The molecule has 0 saturated carbocycles. The summed E-state index contributed by atoms with van der Waals surface area (Å²) in [5.74, 6) is -23.9. The van der Waals surface area contributed by atoms with E-state index in [0.717, 1.165) is 17.2 Å². The largest absolute Gasteiger partial charge is 1.00 e. The highest BCUT2D eigenvalue weighted by atomic mass is 79.9. The van der Waals surface area contributed by atoms with Crippen LogP contribution >= 0.6 is 0 Å². The van der Waals surface area contributed by atoms with Gasteiger partial charge in [0.25, 0.3) is 18.5 Å². The fraction of sp³-hybridized carbons (Fsp3) is 0. The normalized spacial score (nSPS) is 18.9. The van der Waals surface area contributed by atoms with Crippen molar-refractivity contribution in [3.05, 3.63) is 106 Å². The van der Waals surface area contributed by atoms with Crippen molar-refractivity contribution in [3.63, 3.8) is 0 Å². The second-order valence-electron chi connectivity index (χ2n) is 5.08. The first-order valence-corrected chi connectivity index (χ1v) is 7.33. The van der Waals surface area contributed by atoms with Crippen molar-refractivity contribution >= 4 is 17.4 Å². The van der Waals surface area contributed by atoms with E-state index in [1.54, 1.807) is 0 Å². The fourth-order valence-electron chi connectivity index (χ4n) is 1.49. The molecule has 0 spiro atoms. The highest BCUT2D eigenvalue weighted by Crippen LogP contribution is 2.37. The van der Waals surface area contributed by atoms with Gasteiger partial charge in [-0.05, 0) is 17.2 Å². The quantitative estimate of drug-likeness (QED) is 0.194. The molecule has 0 N–H and O–H groups in total. The van der Waals surface area contributed by atoms with Gasteiger partial charge in [-0.3, -0.25) is 0 Å². The molecule has 3 aliphatic rings. The summed E-state index contributed by atoms with van der Waals surface area (Å²) in [4.78, 5) is 0. The van der Waals surface area contributed by atoms with Crippen LogP contribution in [0.15, 0.2) is 87.1 Å². The molecule has 3 rings (SSSR count). The number of hydrogen-bond acceptors (Lipinski definition) is 0. The third kappa shape index (κ3) is 8.42. The van der Waals surface area contributed by atoms with Gasteiger partial charge < -0.3 is 17.0 Å². The van der Waals surface area contributed by atoms with Gasteiger partial charge in [0.2, 0.25) is 35.0 Å². The van der Waals surface area contributed by atoms with Crippen LogP contribution < -0.4 is 17.0 Å². The molecule has 0 aliphatic heterocycles. The first-order valence-electron chi connectivity index (χ1n) is 7.33. The van der Waals surface area contributed by atoms with E-state index in [4.69, 9.17) is 0 Å². The van der Waals surface area contributed by atoms with E-state index in [1.807, 2.05) is 0 Å². The lowest BCUT2D eigenvalue weighted by atomic mass is 10.2. The van der Waals surface area contributed by atoms with Crippen LogP contribution in [0, 0.1) is 18.5 Å². The molecule has 0 nitrogen and oxygen atoms in total. The van der Waals surface area contributed by atoms with Gasteiger partial charge in [0.05, 0.1) is 0 Å². The lowest BCUT2D eigenvalue weighted by Gasteiger charge is -2.03. The molecule has 0 aromatic heterocycles. The smallest absolute Gasteiger partial charge is 0.270 e. The van der Waals surface area contributed by atoms with Crippen LogP contribution in [0.4, 0.5) is 65.9 Å². The Kier molecular flexibility index (Phi) is 14.3. The highest BCUT2D eigenvalue weighted by molar-refractivity contribution is 5.75. The molecule has 0 unspecified atom stereocenters. The summed E-state index contributed by atoms with van der Waals surface area (Å²) >= 11 is 0. The standard InChI is InChI=1S/3C6F5.Al.BrH/c3*7-2-1-3(8)5(10)6(11)4(2)9;;/h;;;;1H/p-1. The van der Waals surface area contributed by atoms with Crippen molar-refractivity contribution in [2.24, 2.45) is 0 Å². The summed E-state index contributed by atoms with van der Waals surface area (Å²) in [6.07, 6.45) is -6.20. The van der Waals surface area contributed by atoms with Crippen molar-refractivity contribution in [3.8, 4) is 0 Å². The molecule has 0 amide bonds. The van der Waals surface area contributed by atoms with Gasteiger partial charge in [0.15, 0.2) is 35.0 Å². The fourth-order valence-corrected chi connectivity index (χ4v) is 1.49. The molecular formula is C18AlBrF15-. The van der Waals surface area contributed by atoms with Crippen LogP contribution in [0.1, 0.15) is 0 Å². The molecule has 3 aliphatic carbocycles. The zero-order valence-electron chi connectivity index (χ0n) is 15.6. The van der Waals surface area contributed by atoms with Gasteiger partial charge in [-0.25, -0.2) is 26.3 Å². The van der Waals surface area contributed by atoms with Crippen molar-refractivity contribution in [2.75, 3.05) is 0 Å². The monoisotopic (exact) mass is 607 g/mol. The van der Waals surface area contributed by atoms with Gasteiger partial charge in [-0.15, -0.1) is 0 Å². The van der Waals surface area contributed by atoms with Crippen LogP contribution in [0.2, 0.25) is 0 Å². The summed E-state index contributed by atoms with van der Waals surface area (Å²) in [6, 6.07) is 0. The zero-order chi connectivity index (χ0) is 25.8. The lowest BCUT2D eigenvalue weighted by molar-refractivity contribution is -0.0000145. The zero-order valence-corrected chi connectivity index (χ0v) is 18.4. The summed E-state index contributed by atoms with van der Waals surface area (Å²) < 4.78 is 180. The van der Waals surface area contributed by atoms with E-state index >= 15 is 0 Å². The third-order valence-electron chi connectivity index (χ3n) is 2.97. The summed E-state index contributed by atoms with van der Waals surface area (Å²) in [7, 11) is 0. The van der Waals surface area contributed by atoms with Crippen LogP contribution in [-0.2, 0) is 0 Å².